The topological polar surface area (TPSA) is 59.1 Å². The van der Waals surface area contributed by atoms with Gasteiger partial charge in [-0.15, -0.1) is 0 Å². The summed E-state index contributed by atoms with van der Waals surface area (Å²) in [7, 11) is 0. The Labute approximate surface area is 115 Å². The molecule has 2 rings (SSSR count). The van der Waals surface area contributed by atoms with Crippen LogP contribution in [0.3, 0.4) is 0 Å². The van der Waals surface area contributed by atoms with Crippen molar-refractivity contribution in [3.8, 4) is 5.75 Å². The third kappa shape index (κ3) is 3.23. The van der Waals surface area contributed by atoms with Crippen LogP contribution >= 0.6 is 11.6 Å². The van der Waals surface area contributed by atoms with E-state index in [-0.39, 0.29) is 23.2 Å². The normalized spacial score (nSPS) is 10.2. The lowest BCUT2D eigenvalue weighted by molar-refractivity contribution is 0.290. The monoisotopic (exact) mass is 278 g/mol. The molecule has 5 heteroatoms. The molecule has 0 fully saturated rings. The molecule has 0 bridgehead atoms. The number of hydrogen-bond donors (Lipinski definition) is 2. The molecule has 0 atom stereocenters. The van der Waals surface area contributed by atoms with E-state index in [0.717, 1.165) is 5.56 Å². The van der Waals surface area contributed by atoms with Gasteiger partial charge in [-0.25, -0.2) is 4.39 Å². The first kappa shape index (κ1) is 13.4. The molecule has 0 aliphatic heterocycles. The van der Waals surface area contributed by atoms with Gasteiger partial charge in [-0.1, -0.05) is 41.9 Å². The van der Waals surface area contributed by atoms with Crippen LogP contribution in [0.5, 0.6) is 5.75 Å². The summed E-state index contributed by atoms with van der Waals surface area (Å²) in [6.45, 7) is 0.218. The van der Waals surface area contributed by atoms with Gasteiger partial charge in [-0.3, -0.25) is 5.41 Å². The summed E-state index contributed by atoms with van der Waals surface area (Å²) in [5, 5.41) is 7.31. The first-order valence-corrected chi connectivity index (χ1v) is 5.96. The molecule has 3 nitrogen and oxygen atoms in total. The number of benzene rings is 2. The molecule has 0 aliphatic carbocycles. The highest BCUT2D eigenvalue weighted by atomic mass is 35.5. The fraction of sp³-hybridized carbons (Fsp3) is 0.0714. The van der Waals surface area contributed by atoms with E-state index in [2.05, 4.69) is 0 Å². The third-order valence-corrected chi connectivity index (χ3v) is 2.87. The molecule has 3 N–H and O–H groups in total. The minimum atomic E-state index is -0.565. The van der Waals surface area contributed by atoms with Gasteiger partial charge in [-0.05, 0) is 17.7 Å². The van der Waals surface area contributed by atoms with Crippen molar-refractivity contribution in [2.45, 2.75) is 6.61 Å². The molecule has 0 saturated heterocycles. The number of hydrogen-bond acceptors (Lipinski definition) is 2. The van der Waals surface area contributed by atoms with Gasteiger partial charge in [-0.2, -0.15) is 0 Å². The van der Waals surface area contributed by atoms with Gasteiger partial charge in [0, 0.05) is 5.56 Å². The van der Waals surface area contributed by atoms with Crippen LogP contribution in [-0.2, 0) is 6.61 Å². The molecule has 0 aliphatic rings. The van der Waals surface area contributed by atoms with Gasteiger partial charge >= 0.3 is 0 Å². The van der Waals surface area contributed by atoms with Crippen LogP contribution in [0.2, 0.25) is 5.02 Å². The highest BCUT2D eigenvalue weighted by molar-refractivity contribution is 6.30. The standard InChI is InChI=1S/C14H12ClFN2O/c15-11-2-1-3-12(13(11)16)19-8-9-4-6-10(7-5-9)14(17)18/h1-7H,8H2,(H3,17,18). The number of amidine groups is 1. The van der Waals surface area contributed by atoms with Crippen molar-refractivity contribution in [1.82, 2.24) is 0 Å². The summed E-state index contributed by atoms with van der Waals surface area (Å²) in [6, 6.07) is 11.6. The van der Waals surface area contributed by atoms with Crippen molar-refractivity contribution in [1.29, 1.82) is 5.41 Å². The molecule has 0 spiro atoms. The largest absolute Gasteiger partial charge is 0.486 e. The number of halogens is 2. The predicted molar refractivity (Wildman–Crippen MR) is 73.2 cm³/mol. The highest BCUT2D eigenvalue weighted by Crippen LogP contribution is 2.24. The molecule has 0 heterocycles. The Bertz CT molecular complexity index is 599. The Balaban J connectivity index is 2.06. The zero-order chi connectivity index (χ0) is 13.8. The SMILES string of the molecule is N=C(N)c1ccc(COc2cccc(Cl)c2F)cc1. The first-order chi connectivity index (χ1) is 9.08. The van der Waals surface area contributed by atoms with E-state index in [1.807, 2.05) is 0 Å². The summed E-state index contributed by atoms with van der Waals surface area (Å²) in [6.07, 6.45) is 0. The van der Waals surface area contributed by atoms with Crippen molar-refractivity contribution < 1.29 is 9.13 Å². The Morgan fingerprint density at radius 1 is 1.21 bits per heavy atom. The molecule has 19 heavy (non-hydrogen) atoms. The summed E-state index contributed by atoms with van der Waals surface area (Å²) in [5.41, 5.74) is 6.84. The molecule has 2 aromatic carbocycles. The number of rotatable bonds is 4. The van der Waals surface area contributed by atoms with Crippen LogP contribution in [0.4, 0.5) is 4.39 Å². The maximum atomic E-state index is 13.6. The van der Waals surface area contributed by atoms with E-state index in [4.69, 9.17) is 27.5 Å². The lowest BCUT2D eigenvalue weighted by Gasteiger charge is -2.08. The number of ether oxygens (including phenoxy) is 1. The van der Waals surface area contributed by atoms with Gasteiger partial charge < -0.3 is 10.5 Å². The van der Waals surface area contributed by atoms with Crippen molar-refractivity contribution in [3.05, 3.63) is 64.4 Å². The predicted octanol–water partition coefficient (Wildman–Crippen LogP) is 3.34. The summed E-state index contributed by atoms with van der Waals surface area (Å²) in [4.78, 5) is 0. The zero-order valence-corrected chi connectivity index (χ0v) is 10.7. The first-order valence-electron chi connectivity index (χ1n) is 5.58. The quantitative estimate of drug-likeness (QED) is 0.666. The van der Waals surface area contributed by atoms with Gasteiger partial charge in [0.1, 0.15) is 12.4 Å². The maximum absolute atomic E-state index is 13.6. The Morgan fingerprint density at radius 3 is 2.53 bits per heavy atom. The molecular formula is C14H12ClFN2O. The molecule has 2 aromatic rings. The van der Waals surface area contributed by atoms with Crippen LogP contribution in [0.1, 0.15) is 11.1 Å². The molecule has 98 valence electrons. The molecular weight excluding hydrogens is 267 g/mol. The Kier molecular flexibility index (Phi) is 4.02. The molecule has 0 saturated carbocycles. The van der Waals surface area contributed by atoms with E-state index in [0.29, 0.717) is 5.56 Å². The van der Waals surface area contributed by atoms with E-state index in [1.165, 1.54) is 12.1 Å². The molecule has 0 aromatic heterocycles. The van der Waals surface area contributed by atoms with Gasteiger partial charge in [0.2, 0.25) is 0 Å². The number of nitrogens with two attached hydrogens (primary N) is 1. The average Bonchev–Trinajstić information content (AvgIpc) is 2.41. The van der Waals surface area contributed by atoms with Gasteiger partial charge in [0.15, 0.2) is 11.6 Å². The van der Waals surface area contributed by atoms with Crippen molar-refractivity contribution >= 4 is 17.4 Å². The van der Waals surface area contributed by atoms with Crippen LogP contribution in [0.25, 0.3) is 0 Å². The van der Waals surface area contributed by atoms with Crippen molar-refractivity contribution in [2.24, 2.45) is 5.73 Å². The van der Waals surface area contributed by atoms with Gasteiger partial charge in [0.05, 0.1) is 5.02 Å². The van der Waals surface area contributed by atoms with Crippen LogP contribution < -0.4 is 10.5 Å². The highest BCUT2D eigenvalue weighted by Gasteiger charge is 2.07. The molecule has 0 unspecified atom stereocenters. The average molecular weight is 279 g/mol. The lowest BCUT2D eigenvalue weighted by atomic mass is 10.1. The minimum Gasteiger partial charge on any atom is -0.486 e. The van der Waals surface area contributed by atoms with E-state index in [1.54, 1.807) is 30.3 Å². The summed E-state index contributed by atoms with van der Waals surface area (Å²) < 4.78 is 18.9. The van der Waals surface area contributed by atoms with E-state index >= 15 is 0 Å². The number of nitrogen functional groups attached to an aromatic ring is 1. The van der Waals surface area contributed by atoms with Crippen LogP contribution in [0.15, 0.2) is 42.5 Å². The fourth-order valence-electron chi connectivity index (χ4n) is 1.54. The van der Waals surface area contributed by atoms with Crippen LogP contribution in [-0.4, -0.2) is 5.84 Å². The minimum absolute atomic E-state index is 0.00774. The van der Waals surface area contributed by atoms with E-state index in [9.17, 15) is 4.39 Å². The van der Waals surface area contributed by atoms with Crippen molar-refractivity contribution in [3.63, 3.8) is 0 Å². The second-order valence-corrected chi connectivity index (χ2v) is 4.36. The second kappa shape index (κ2) is 5.71. The van der Waals surface area contributed by atoms with Gasteiger partial charge in [0.25, 0.3) is 0 Å². The second-order valence-electron chi connectivity index (χ2n) is 3.95. The van der Waals surface area contributed by atoms with E-state index < -0.39 is 5.82 Å². The summed E-state index contributed by atoms with van der Waals surface area (Å²) >= 11 is 5.66. The van der Waals surface area contributed by atoms with Crippen molar-refractivity contribution in [2.75, 3.05) is 0 Å². The molecule has 0 radical (unpaired) electrons. The van der Waals surface area contributed by atoms with Crippen LogP contribution in [0, 0.1) is 11.2 Å². The lowest BCUT2D eigenvalue weighted by Crippen LogP contribution is -2.10. The summed E-state index contributed by atoms with van der Waals surface area (Å²) in [5.74, 6) is -0.443. The maximum Gasteiger partial charge on any atom is 0.183 e. The Hall–Kier alpha value is -2.07. The number of nitrogens with one attached hydrogen (secondary N) is 1. The Morgan fingerprint density at radius 2 is 1.89 bits per heavy atom. The smallest absolute Gasteiger partial charge is 0.183 e. The zero-order valence-electron chi connectivity index (χ0n) is 9.99. The fourth-order valence-corrected chi connectivity index (χ4v) is 1.70. The molecule has 0 amide bonds. The third-order valence-electron chi connectivity index (χ3n) is 2.58.